The fraction of sp³-hybridized carbons (Fsp3) is 0.364. The summed E-state index contributed by atoms with van der Waals surface area (Å²) in [5.41, 5.74) is 1.79. The van der Waals surface area contributed by atoms with Crippen molar-refractivity contribution in [2.75, 3.05) is 32.8 Å². The van der Waals surface area contributed by atoms with Gasteiger partial charge in [-0.05, 0) is 49.7 Å². The summed E-state index contributed by atoms with van der Waals surface area (Å²) in [6, 6.07) is 12.3. The predicted octanol–water partition coefficient (Wildman–Crippen LogP) is 2.30. The normalized spacial score (nSPS) is 15.2. The zero-order valence-corrected chi connectivity index (χ0v) is 19.6. The van der Waals surface area contributed by atoms with Gasteiger partial charge in [-0.2, -0.15) is 4.31 Å². The third kappa shape index (κ3) is 4.43. The van der Waals surface area contributed by atoms with Gasteiger partial charge in [-0.1, -0.05) is 23.5 Å². The molecule has 8 nitrogen and oxygen atoms in total. The fourth-order valence-electron chi connectivity index (χ4n) is 3.78. The predicted molar refractivity (Wildman–Crippen MR) is 124 cm³/mol. The number of fused-ring (bicyclic) bond motifs is 1. The van der Waals surface area contributed by atoms with Crippen LogP contribution in [0.5, 0.6) is 5.75 Å². The Kier molecular flexibility index (Phi) is 6.36. The van der Waals surface area contributed by atoms with Gasteiger partial charge in [0.25, 0.3) is 5.91 Å². The Balaban J connectivity index is 1.40. The summed E-state index contributed by atoms with van der Waals surface area (Å²) >= 11 is 1.05. The number of carbonyl (C=O) groups excluding carboxylic acids is 1. The minimum absolute atomic E-state index is 0.0831. The summed E-state index contributed by atoms with van der Waals surface area (Å²) in [7, 11) is -3.71. The number of aryl methyl sites for hydroxylation is 2. The first-order valence-corrected chi connectivity index (χ1v) is 12.7. The number of ether oxygens (including phenoxy) is 1. The highest BCUT2D eigenvalue weighted by Crippen LogP contribution is 2.25. The van der Waals surface area contributed by atoms with Gasteiger partial charge in [-0.3, -0.25) is 14.2 Å². The van der Waals surface area contributed by atoms with Crippen LogP contribution in [-0.4, -0.2) is 60.9 Å². The monoisotopic (exact) mass is 475 g/mol. The first-order chi connectivity index (χ1) is 15.3. The summed E-state index contributed by atoms with van der Waals surface area (Å²) in [6.45, 7) is 5.31. The molecule has 170 valence electrons. The molecule has 0 aliphatic carbocycles. The number of carbonyl (C=O) groups is 1. The highest BCUT2D eigenvalue weighted by atomic mass is 32.2. The second kappa shape index (κ2) is 9.05. The second-order valence-electron chi connectivity index (χ2n) is 7.63. The molecule has 0 saturated carbocycles. The molecule has 1 fully saturated rings. The smallest absolute Gasteiger partial charge is 0.308 e. The quantitative estimate of drug-likeness (QED) is 0.546. The number of piperazine rings is 1. The van der Waals surface area contributed by atoms with E-state index in [0.29, 0.717) is 30.1 Å². The number of amides is 1. The molecule has 4 rings (SSSR count). The fourth-order valence-corrected chi connectivity index (χ4v) is 6.29. The van der Waals surface area contributed by atoms with Crippen molar-refractivity contribution in [3.63, 3.8) is 0 Å². The van der Waals surface area contributed by atoms with Gasteiger partial charge >= 0.3 is 4.87 Å². The number of sulfonamides is 1. The van der Waals surface area contributed by atoms with Crippen molar-refractivity contribution in [3.05, 3.63) is 57.7 Å². The Morgan fingerprint density at radius 1 is 1.09 bits per heavy atom. The number of hydrogen-bond donors (Lipinski definition) is 0. The Hall–Kier alpha value is -2.69. The molecule has 1 saturated heterocycles. The van der Waals surface area contributed by atoms with Crippen molar-refractivity contribution in [3.8, 4) is 5.75 Å². The van der Waals surface area contributed by atoms with Crippen LogP contribution in [0.4, 0.5) is 0 Å². The van der Waals surface area contributed by atoms with Crippen LogP contribution in [0, 0.1) is 6.92 Å². The van der Waals surface area contributed by atoms with E-state index in [1.54, 1.807) is 33.7 Å². The number of nitrogens with zero attached hydrogens (tertiary/aromatic N) is 3. The van der Waals surface area contributed by atoms with E-state index in [1.165, 1.54) is 4.31 Å². The number of hydrogen-bond acceptors (Lipinski definition) is 6. The van der Waals surface area contributed by atoms with Crippen LogP contribution in [0.2, 0.25) is 0 Å². The minimum Gasteiger partial charge on any atom is -0.484 e. The maximum Gasteiger partial charge on any atom is 0.308 e. The number of rotatable bonds is 6. The van der Waals surface area contributed by atoms with E-state index in [-0.39, 0.29) is 35.4 Å². The van der Waals surface area contributed by atoms with E-state index in [0.717, 1.165) is 22.4 Å². The largest absolute Gasteiger partial charge is 0.484 e. The molecule has 1 aliphatic heterocycles. The lowest BCUT2D eigenvalue weighted by Gasteiger charge is -2.34. The minimum atomic E-state index is -3.71. The zero-order valence-electron chi connectivity index (χ0n) is 18.0. The lowest BCUT2D eigenvalue weighted by molar-refractivity contribution is -0.134. The van der Waals surface area contributed by atoms with Gasteiger partial charge in [0.1, 0.15) is 5.75 Å². The highest BCUT2D eigenvalue weighted by molar-refractivity contribution is 7.89. The molecule has 1 aliphatic rings. The van der Waals surface area contributed by atoms with E-state index < -0.39 is 10.0 Å². The van der Waals surface area contributed by atoms with Crippen LogP contribution in [-0.2, 0) is 21.4 Å². The molecule has 0 radical (unpaired) electrons. The molecule has 1 amide bonds. The van der Waals surface area contributed by atoms with Gasteiger partial charge in [0.05, 0.1) is 15.1 Å². The molecule has 3 aromatic rings. The maximum atomic E-state index is 13.1. The van der Waals surface area contributed by atoms with Crippen LogP contribution in [0.25, 0.3) is 10.2 Å². The first kappa shape index (κ1) is 22.5. The molecule has 1 aromatic heterocycles. The van der Waals surface area contributed by atoms with Gasteiger partial charge in [0, 0.05) is 32.7 Å². The van der Waals surface area contributed by atoms with Gasteiger partial charge in [-0.15, -0.1) is 0 Å². The van der Waals surface area contributed by atoms with E-state index in [1.807, 2.05) is 32.0 Å². The van der Waals surface area contributed by atoms with E-state index in [4.69, 9.17) is 4.74 Å². The van der Waals surface area contributed by atoms with Crippen molar-refractivity contribution in [2.24, 2.45) is 0 Å². The molecule has 0 atom stereocenters. The molecule has 0 bridgehead atoms. The molecule has 10 heteroatoms. The SMILES string of the molecule is CCn1c(=O)sc2cc(S(=O)(=O)N3CCN(C(=O)COc4cccc(C)c4)CC3)ccc21. The third-order valence-electron chi connectivity index (χ3n) is 5.54. The topological polar surface area (TPSA) is 88.9 Å². The molecular weight excluding hydrogens is 450 g/mol. The summed E-state index contributed by atoms with van der Waals surface area (Å²) in [4.78, 5) is 26.2. The second-order valence-corrected chi connectivity index (χ2v) is 10.6. The van der Waals surface area contributed by atoms with Gasteiger partial charge < -0.3 is 9.64 Å². The van der Waals surface area contributed by atoms with Crippen molar-refractivity contribution in [1.82, 2.24) is 13.8 Å². The number of benzene rings is 2. The summed E-state index contributed by atoms with van der Waals surface area (Å²) < 4.78 is 35.5. The van der Waals surface area contributed by atoms with Crippen LogP contribution < -0.4 is 9.61 Å². The molecule has 2 aromatic carbocycles. The van der Waals surface area contributed by atoms with E-state index in [2.05, 4.69) is 0 Å². The van der Waals surface area contributed by atoms with Crippen LogP contribution in [0.3, 0.4) is 0 Å². The Bertz CT molecular complexity index is 1300. The molecular formula is C22H25N3O5S2. The van der Waals surface area contributed by atoms with E-state index in [9.17, 15) is 18.0 Å². The maximum absolute atomic E-state index is 13.1. The summed E-state index contributed by atoms with van der Waals surface area (Å²) in [5, 5.41) is 0. The number of aromatic nitrogens is 1. The highest BCUT2D eigenvalue weighted by Gasteiger charge is 2.30. The lowest BCUT2D eigenvalue weighted by atomic mass is 10.2. The standard InChI is InChI=1S/C22H25N3O5S2/c1-3-25-19-8-7-18(14-20(19)31-22(25)27)32(28,29)24-11-9-23(10-12-24)21(26)15-30-17-6-4-5-16(2)13-17/h4-8,13-14H,3,9-12,15H2,1-2H3. The Morgan fingerprint density at radius 2 is 1.84 bits per heavy atom. The molecule has 0 spiro atoms. The molecule has 2 heterocycles. The van der Waals surface area contributed by atoms with Crippen molar-refractivity contribution >= 4 is 37.5 Å². The van der Waals surface area contributed by atoms with Gasteiger partial charge in [0.15, 0.2) is 6.61 Å². The summed E-state index contributed by atoms with van der Waals surface area (Å²) in [6.07, 6.45) is 0. The number of thiazole rings is 1. The van der Waals surface area contributed by atoms with E-state index >= 15 is 0 Å². The zero-order chi connectivity index (χ0) is 22.9. The molecule has 32 heavy (non-hydrogen) atoms. The molecule has 0 N–H and O–H groups in total. The molecule has 0 unspecified atom stereocenters. The lowest BCUT2D eigenvalue weighted by Crippen LogP contribution is -2.51. The average Bonchev–Trinajstić information content (AvgIpc) is 3.11. The Morgan fingerprint density at radius 3 is 2.53 bits per heavy atom. The Labute approximate surface area is 190 Å². The van der Waals surface area contributed by atoms with Crippen LogP contribution in [0.1, 0.15) is 12.5 Å². The van der Waals surface area contributed by atoms with Crippen molar-refractivity contribution < 1.29 is 17.9 Å². The van der Waals surface area contributed by atoms with Crippen molar-refractivity contribution in [2.45, 2.75) is 25.3 Å². The van der Waals surface area contributed by atoms with Gasteiger partial charge in [-0.25, -0.2) is 8.42 Å². The first-order valence-electron chi connectivity index (χ1n) is 10.4. The van der Waals surface area contributed by atoms with Crippen molar-refractivity contribution in [1.29, 1.82) is 0 Å². The van der Waals surface area contributed by atoms with Crippen LogP contribution >= 0.6 is 11.3 Å². The van der Waals surface area contributed by atoms with Crippen LogP contribution in [0.15, 0.2) is 52.2 Å². The average molecular weight is 476 g/mol. The van der Waals surface area contributed by atoms with Gasteiger partial charge in [0.2, 0.25) is 10.0 Å². The summed E-state index contributed by atoms with van der Waals surface area (Å²) in [5.74, 6) is 0.463. The third-order valence-corrected chi connectivity index (χ3v) is 8.37.